The maximum atomic E-state index is 12.3. The molecule has 3 fully saturated rings. The molecule has 3 aliphatic heterocycles. The fourth-order valence-electron chi connectivity index (χ4n) is 4.28. The average molecular weight is 324 g/mol. The van der Waals surface area contributed by atoms with E-state index in [2.05, 4.69) is 22.0 Å². The number of carbonyl (C=O) groups is 1. The van der Waals surface area contributed by atoms with E-state index in [0.717, 1.165) is 26.2 Å². The van der Waals surface area contributed by atoms with Gasteiger partial charge in [0.05, 0.1) is 12.1 Å². The SMILES string of the molecule is C[C@@H]1CCCCN1CCNC(=O)N1C[C@@H](O)[C@H](N2CCCC2)C1. The Morgan fingerprint density at radius 3 is 2.61 bits per heavy atom. The van der Waals surface area contributed by atoms with E-state index >= 15 is 0 Å². The van der Waals surface area contributed by atoms with Gasteiger partial charge in [0.1, 0.15) is 0 Å². The number of hydrogen-bond acceptors (Lipinski definition) is 4. The standard InChI is InChI=1S/C17H32N4O2/c1-14-6-2-3-8-19(14)11-7-18-17(23)21-12-15(16(22)13-21)20-9-4-5-10-20/h14-16,22H,2-13H2,1H3,(H,18,23)/t14-,15-,16-/m1/s1. The number of aliphatic hydroxyl groups excluding tert-OH is 1. The van der Waals surface area contributed by atoms with Crippen molar-refractivity contribution in [2.45, 2.75) is 57.2 Å². The molecule has 0 aromatic rings. The Morgan fingerprint density at radius 2 is 1.87 bits per heavy atom. The van der Waals surface area contributed by atoms with Gasteiger partial charge >= 0.3 is 6.03 Å². The molecular formula is C17H32N4O2. The van der Waals surface area contributed by atoms with E-state index in [1.807, 2.05) is 0 Å². The highest BCUT2D eigenvalue weighted by atomic mass is 16.3. The molecule has 3 atom stereocenters. The van der Waals surface area contributed by atoms with Crippen LogP contribution in [0.2, 0.25) is 0 Å². The molecule has 3 heterocycles. The number of likely N-dealkylation sites (tertiary alicyclic amines) is 3. The highest BCUT2D eigenvalue weighted by molar-refractivity contribution is 5.74. The minimum atomic E-state index is -0.402. The summed E-state index contributed by atoms with van der Waals surface area (Å²) >= 11 is 0. The highest BCUT2D eigenvalue weighted by Crippen LogP contribution is 2.21. The topological polar surface area (TPSA) is 59.1 Å². The number of rotatable bonds is 4. The van der Waals surface area contributed by atoms with Crippen LogP contribution < -0.4 is 5.32 Å². The van der Waals surface area contributed by atoms with Gasteiger partial charge < -0.3 is 15.3 Å². The summed E-state index contributed by atoms with van der Waals surface area (Å²) in [7, 11) is 0. The number of carbonyl (C=O) groups excluding carboxylic acids is 1. The number of urea groups is 1. The lowest BCUT2D eigenvalue weighted by molar-refractivity contribution is 0.0980. The first-order valence-corrected chi connectivity index (χ1v) is 9.34. The fraction of sp³-hybridized carbons (Fsp3) is 0.941. The molecular weight excluding hydrogens is 292 g/mol. The summed E-state index contributed by atoms with van der Waals surface area (Å²) in [6.07, 6.45) is 5.89. The molecule has 3 saturated heterocycles. The van der Waals surface area contributed by atoms with E-state index in [1.165, 1.54) is 32.1 Å². The maximum Gasteiger partial charge on any atom is 0.317 e. The van der Waals surface area contributed by atoms with Gasteiger partial charge in [0.25, 0.3) is 0 Å². The molecule has 0 unspecified atom stereocenters. The molecule has 0 spiro atoms. The van der Waals surface area contributed by atoms with Gasteiger partial charge in [-0.1, -0.05) is 6.42 Å². The normalized spacial score (nSPS) is 33.3. The lowest BCUT2D eigenvalue weighted by Crippen LogP contribution is -2.46. The number of amides is 2. The van der Waals surface area contributed by atoms with Crippen LogP contribution in [-0.2, 0) is 0 Å². The summed E-state index contributed by atoms with van der Waals surface area (Å²) in [6, 6.07) is 0.745. The minimum Gasteiger partial charge on any atom is -0.390 e. The number of piperidine rings is 1. The largest absolute Gasteiger partial charge is 0.390 e. The van der Waals surface area contributed by atoms with Crippen LogP contribution in [0.25, 0.3) is 0 Å². The molecule has 2 amide bonds. The van der Waals surface area contributed by atoms with Crippen LogP contribution in [0.1, 0.15) is 39.0 Å². The Bertz CT molecular complexity index is 400. The third-order valence-electron chi connectivity index (χ3n) is 5.77. The zero-order valence-corrected chi connectivity index (χ0v) is 14.4. The molecule has 0 saturated carbocycles. The third kappa shape index (κ3) is 4.17. The molecule has 0 bridgehead atoms. The average Bonchev–Trinajstić information content (AvgIpc) is 3.18. The molecule has 0 aromatic heterocycles. The van der Waals surface area contributed by atoms with Gasteiger partial charge in [0.15, 0.2) is 0 Å². The first-order chi connectivity index (χ1) is 11.1. The van der Waals surface area contributed by atoms with Crippen molar-refractivity contribution in [3.05, 3.63) is 0 Å². The Labute approximate surface area is 139 Å². The predicted molar refractivity (Wildman–Crippen MR) is 90.5 cm³/mol. The predicted octanol–water partition coefficient (Wildman–Crippen LogP) is 0.711. The van der Waals surface area contributed by atoms with E-state index in [1.54, 1.807) is 4.90 Å². The van der Waals surface area contributed by atoms with Gasteiger partial charge in [-0.2, -0.15) is 0 Å². The maximum absolute atomic E-state index is 12.3. The summed E-state index contributed by atoms with van der Waals surface area (Å²) in [5.74, 6) is 0. The van der Waals surface area contributed by atoms with Gasteiger partial charge in [0.2, 0.25) is 0 Å². The lowest BCUT2D eigenvalue weighted by Gasteiger charge is -2.33. The third-order valence-corrected chi connectivity index (χ3v) is 5.77. The van der Waals surface area contributed by atoms with Crippen LogP contribution in [-0.4, -0.2) is 89.8 Å². The second kappa shape index (κ2) is 7.81. The van der Waals surface area contributed by atoms with Crippen LogP contribution in [0, 0.1) is 0 Å². The van der Waals surface area contributed by atoms with E-state index in [4.69, 9.17) is 0 Å². The van der Waals surface area contributed by atoms with Crippen molar-refractivity contribution in [1.82, 2.24) is 20.0 Å². The van der Waals surface area contributed by atoms with Crippen molar-refractivity contribution in [1.29, 1.82) is 0 Å². The van der Waals surface area contributed by atoms with E-state index in [-0.39, 0.29) is 12.1 Å². The first kappa shape index (κ1) is 17.0. The number of hydrogen-bond donors (Lipinski definition) is 2. The van der Waals surface area contributed by atoms with Crippen LogP contribution >= 0.6 is 0 Å². The van der Waals surface area contributed by atoms with Gasteiger partial charge in [0, 0.05) is 32.2 Å². The van der Waals surface area contributed by atoms with Crippen molar-refractivity contribution in [3.8, 4) is 0 Å². The number of nitrogens with zero attached hydrogens (tertiary/aromatic N) is 3. The highest BCUT2D eigenvalue weighted by Gasteiger charge is 2.38. The molecule has 3 rings (SSSR count). The molecule has 6 heteroatoms. The summed E-state index contributed by atoms with van der Waals surface area (Å²) in [6.45, 7) is 8.30. The van der Waals surface area contributed by atoms with Gasteiger partial charge in [-0.15, -0.1) is 0 Å². The Morgan fingerprint density at radius 1 is 1.13 bits per heavy atom. The van der Waals surface area contributed by atoms with Gasteiger partial charge in [-0.25, -0.2) is 4.79 Å². The van der Waals surface area contributed by atoms with E-state index in [9.17, 15) is 9.90 Å². The monoisotopic (exact) mass is 324 g/mol. The summed E-state index contributed by atoms with van der Waals surface area (Å²) in [5.41, 5.74) is 0. The second-order valence-corrected chi connectivity index (χ2v) is 7.40. The van der Waals surface area contributed by atoms with Gasteiger partial charge in [-0.3, -0.25) is 9.80 Å². The van der Waals surface area contributed by atoms with Gasteiger partial charge in [-0.05, 0) is 52.2 Å². The minimum absolute atomic E-state index is 0.0181. The second-order valence-electron chi connectivity index (χ2n) is 7.40. The molecule has 2 N–H and O–H groups in total. The molecule has 23 heavy (non-hydrogen) atoms. The van der Waals surface area contributed by atoms with Crippen molar-refractivity contribution in [2.75, 3.05) is 45.8 Å². The summed E-state index contributed by atoms with van der Waals surface area (Å²) in [4.78, 5) is 18.9. The molecule has 0 aromatic carbocycles. The van der Waals surface area contributed by atoms with Crippen molar-refractivity contribution >= 4 is 6.03 Å². The smallest absolute Gasteiger partial charge is 0.317 e. The van der Waals surface area contributed by atoms with Crippen molar-refractivity contribution < 1.29 is 9.90 Å². The molecule has 0 radical (unpaired) electrons. The Hall–Kier alpha value is -0.850. The van der Waals surface area contributed by atoms with E-state index in [0.29, 0.717) is 25.7 Å². The summed E-state index contributed by atoms with van der Waals surface area (Å²) < 4.78 is 0. The Kier molecular flexibility index (Phi) is 5.77. The van der Waals surface area contributed by atoms with Crippen molar-refractivity contribution in [2.24, 2.45) is 0 Å². The Balaban J connectivity index is 1.40. The van der Waals surface area contributed by atoms with Crippen LogP contribution in [0.3, 0.4) is 0 Å². The van der Waals surface area contributed by atoms with Crippen molar-refractivity contribution in [3.63, 3.8) is 0 Å². The zero-order valence-electron chi connectivity index (χ0n) is 14.4. The molecule has 3 aliphatic rings. The molecule has 6 nitrogen and oxygen atoms in total. The molecule has 132 valence electrons. The first-order valence-electron chi connectivity index (χ1n) is 9.34. The number of β-amino-alcohol motifs (C(OH)–C–C–N with tert-alkyl or cyclic N) is 1. The summed E-state index contributed by atoms with van der Waals surface area (Å²) in [5, 5.41) is 13.3. The zero-order chi connectivity index (χ0) is 16.2. The van der Waals surface area contributed by atoms with E-state index < -0.39 is 6.10 Å². The van der Waals surface area contributed by atoms with Crippen LogP contribution in [0.5, 0.6) is 0 Å². The number of nitrogens with one attached hydrogen (secondary N) is 1. The number of aliphatic hydroxyl groups is 1. The van der Waals surface area contributed by atoms with Crippen LogP contribution in [0.4, 0.5) is 4.79 Å². The lowest BCUT2D eigenvalue weighted by atomic mass is 10.0. The fourth-order valence-corrected chi connectivity index (χ4v) is 4.28. The quantitative estimate of drug-likeness (QED) is 0.800. The molecule has 0 aliphatic carbocycles. The van der Waals surface area contributed by atoms with Crippen LogP contribution in [0.15, 0.2) is 0 Å².